The lowest BCUT2D eigenvalue weighted by atomic mass is 10.0. The van der Waals surface area contributed by atoms with E-state index in [-0.39, 0.29) is 6.04 Å². The maximum Gasteiger partial charge on any atom is 0.159 e. The van der Waals surface area contributed by atoms with Crippen molar-refractivity contribution in [2.45, 2.75) is 13.0 Å². The molecule has 0 aliphatic carbocycles. The van der Waals surface area contributed by atoms with Crippen molar-refractivity contribution in [1.82, 2.24) is 10.2 Å². The molecule has 3 aromatic carbocycles. The molecule has 4 rings (SSSR count). The van der Waals surface area contributed by atoms with Crippen molar-refractivity contribution in [1.29, 1.82) is 0 Å². The van der Waals surface area contributed by atoms with Crippen LogP contribution < -0.4 is 14.4 Å². The van der Waals surface area contributed by atoms with Gasteiger partial charge in [0.1, 0.15) is 17.2 Å². The van der Waals surface area contributed by atoms with Crippen LogP contribution in [0.5, 0.6) is 11.5 Å². The van der Waals surface area contributed by atoms with Crippen molar-refractivity contribution in [2.24, 2.45) is 0 Å². The zero-order valence-corrected chi connectivity index (χ0v) is 17.7. The lowest BCUT2D eigenvalue weighted by Gasteiger charge is -2.27. The number of hydrogen-bond donors (Lipinski definition) is 0. The van der Waals surface area contributed by atoms with Crippen LogP contribution in [-0.4, -0.2) is 31.5 Å². The Hall–Kier alpha value is -3.60. The second kappa shape index (κ2) is 8.41. The molecule has 0 saturated carbocycles. The maximum atomic E-state index is 5.61. The third kappa shape index (κ3) is 3.54. The second-order valence-corrected chi connectivity index (χ2v) is 7.18. The Kier molecular flexibility index (Phi) is 5.53. The summed E-state index contributed by atoms with van der Waals surface area (Å²) in [5.41, 5.74) is 2.90. The molecule has 152 valence electrons. The van der Waals surface area contributed by atoms with Gasteiger partial charge in [-0.15, -0.1) is 10.2 Å². The van der Waals surface area contributed by atoms with Crippen LogP contribution in [0, 0.1) is 0 Å². The number of fused-ring (bicyclic) bond motifs is 1. The first-order chi connectivity index (χ1) is 14.6. The van der Waals surface area contributed by atoms with E-state index in [4.69, 9.17) is 9.47 Å². The van der Waals surface area contributed by atoms with Gasteiger partial charge in [0.2, 0.25) is 0 Å². The number of anilines is 1. The van der Waals surface area contributed by atoms with Gasteiger partial charge in [0, 0.05) is 29.4 Å². The van der Waals surface area contributed by atoms with Gasteiger partial charge >= 0.3 is 0 Å². The molecule has 30 heavy (non-hydrogen) atoms. The van der Waals surface area contributed by atoms with Crippen molar-refractivity contribution in [3.05, 3.63) is 78.4 Å². The summed E-state index contributed by atoms with van der Waals surface area (Å²) in [7, 11) is 5.35. The molecule has 5 nitrogen and oxygen atoms in total. The number of aromatic nitrogens is 2. The van der Waals surface area contributed by atoms with Crippen LogP contribution >= 0.6 is 0 Å². The van der Waals surface area contributed by atoms with Crippen LogP contribution in [-0.2, 0) is 0 Å². The number of hydrogen-bond acceptors (Lipinski definition) is 5. The van der Waals surface area contributed by atoms with Gasteiger partial charge in [0.15, 0.2) is 5.82 Å². The molecule has 0 spiro atoms. The standard InChI is InChI=1S/C25H25N3O2/c1-17(18-10-6-5-7-11-18)28(2)25-21-13-9-8-12-20(21)24(26-27-25)22-15-14-19(29-3)16-23(22)30-4/h5-17H,1-4H3/t17-/m0/s1. The Morgan fingerprint density at radius 2 is 1.50 bits per heavy atom. The molecule has 1 heterocycles. The summed E-state index contributed by atoms with van der Waals surface area (Å²) >= 11 is 0. The Labute approximate surface area is 176 Å². The van der Waals surface area contributed by atoms with Gasteiger partial charge in [-0.25, -0.2) is 0 Å². The number of rotatable bonds is 6. The molecule has 1 aromatic heterocycles. The molecular formula is C25H25N3O2. The maximum absolute atomic E-state index is 5.61. The number of benzene rings is 3. The first-order valence-electron chi connectivity index (χ1n) is 9.89. The average Bonchev–Trinajstić information content (AvgIpc) is 2.82. The predicted octanol–water partition coefficient (Wildman–Crippen LogP) is 5.51. The third-order valence-corrected chi connectivity index (χ3v) is 5.53. The van der Waals surface area contributed by atoms with Crippen LogP contribution in [0.3, 0.4) is 0 Å². The highest BCUT2D eigenvalue weighted by atomic mass is 16.5. The smallest absolute Gasteiger partial charge is 0.159 e. The van der Waals surface area contributed by atoms with E-state index >= 15 is 0 Å². The number of nitrogens with zero attached hydrogens (tertiary/aromatic N) is 3. The number of methoxy groups -OCH3 is 2. The first-order valence-corrected chi connectivity index (χ1v) is 9.89. The number of ether oxygens (including phenoxy) is 2. The average molecular weight is 399 g/mol. The minimum atomic E-state index is 0.158. The molecule has 0 aliphatic rings. The fourth-order valence-electron chi connectivity index (χ4n) is 3.68. The molecule has 0 radical (unpaired) electrons. The van der Waals surface area contributed by atoms with Crippen LogP contribution in [0.4, 0.5) is 5.82 Å². The van der Waals surface area contributed by atoms with Gasteiger partial charge in [0.05, 0.1) is 20.3 Å². The summed E-state index contributed by atoms with van der Waals surface area (Å²) in [6.45, 7) is 2.17. The van der Waals surface area contributed by atoms with Gasteiger partial charge in [0.25, 0.3) is 0 Å². The van der Waals surface area contributed by atoms with Crippen LogP contribution in [0.2, 0.25) is 0 Å². The normalized spacial score (nSPS) is 11.9. The topological polar surface area (TPSA) is 47.5 Å². The molecular weight excluding hydrogens is 374 g/mol. The van der Waals surface area contributed by atoms with Crippen molar-refractivity contribution >= 4 is 16.6 Å². The summed E-state index contributed by atoms with van der Waals surface area (Å²) in [4.78, 5) is 2.17. The zero-order chi connectivity index (χ0) is 21.1. The van der Waals surface area contributed by atoms with E-state index in [0.717, 1.165) is 33.6 Å². The minimum absolute atomic E-state index is 0.158. The molecule has 0 saturated heterocycles. The fourth-order valence-corrected chi connectivity index (χ4v) is 3.68. The van der Waals surface area contributed by atoms with E-state index in [1.165, 1.54) is 5.56 Å². The summed E-state index contributed by atoms with van der Waals surface area (Å²) in [5.74, 6) is 2.28. The molecule has 0 unspecified atom stereocenters. The van der Waals surface area contributed by atoms with E-state index in [1.54, 1.807) is 14.2 Å². The van der Waals surface area contributed by atoms with Gasteiger partial charge in [-0.3, -0.25) is 0 Å². The first kappa shape index (κ1) is 19.7. The Morgan fingerprint density at radius 3 is 2.20 bits per heavy atom. The lowest BCUT2D eigenvalue weighted by Crippen LogP contribution is -2.23. The third-order valence-electron chi connectivity index (χ3n) is 5.53. The molecule has 0 fully saturated rings. The monoisotopic (exact) mass is 399 g/mol. The summed E-state index contributed by atoms with van der Waals surface area (Å²) in [5, 5.41) is 11.3. The van der Waals surface area contributed by atoms with E-state index in [1.807, 2.05) is 36.4 Å². The van der Waals surface area contributed by atoms with Crippen LogP contribution in [0.15, 0.2) is 72.8 Å². The molecule has 5 heteroatoms. The Morgan fingerprint density at radius 1 is 0.800 bits per heavy atom. The lowest BCUT2D eigenvalue weighted by molar-refractivity contribution is 0.395. The molecule has 0 N–H and O–H groups in total. The van der Waals surface area contributed by atoms with Crippen LogP contribution in [0.1, 0.15) is 18.5 Å². The van der Waals surface area contributed by atoms with E-state index < -0.39 is 0 Å². The zero-order valence-electron chi connectivity index (χ0n) is 17.7. The minimum Gasteiger partial charge on any atom is -0.497 e. The van der Waals surface area contributed by atoms with Crippen molar-refractivity contribution in [3.63, 3.8) is 0 Å². The van der Waals surface area contributed by atoms with E-state index in [2.05, 4.69) is 65.5 Å². The summed E-state index contributed by atoms with van der Waals surface area (Å²) in [6.07, 6.45) is 0. The van der Waals surface area contributed by atoms with Gasteiger partial charge < -0.3 is 14.4 Å². The van der Waals surface area contributed by atoms with Crippen LogP contribution in [0.25, 0.3) is 22.0 Å². The molecule has 0 bridgehead atoms. The van der Waals surface area contributed by atoms with Gasteiger partial charge in [-0.2, -0.15) is 0 Å². The summed E-state index contributed by atoms with van der Waals surface area (Å²) < 4.78 is 10.9. The van der Waals surface area contributed by atoms with Crippen molar-refractivity contribution in [3.8, 4) is 22.8 Å². The Balaban J connectivity index is 1.83. The van der Waals surface area contributed by atoms with E-state index in [0.29, 0.717) is 5.75 Å². The molecule has 1 atom stereocenters. The van der Waals surface area contributed by atoms with E-state index in [9.17, 15) is 0 Å². The SMILES string of the molecule is COc1ccc(-c2nnc(N(C)[C@@H](C)c3ccccc3)c3ccccc23)c(OC)c1. The second-order valence-electron chi connectivity index (χ2n) is 7.18. The highest BCUT2D eigenvalue weighted by molar-refractivity contribution is 6.01. The largest absolute Gasteiger partial charge is 0.497 e. The van der Waals surface area contributed by atoms with Crippen molar-refractivity contribution in [2.75, 3.05) is 26.2 Å². The predicted molar refractivity (Wildman–Crippen MR) is 121 cm³/mol. The highest BCUT2D eigenvalue weighted by Gasteiger charge is 2.20. The quantitative estimate of drug-likeness (QED) is 0.428. The fraction of sp³-hybridized carbons (Fsp3) is 0.200. The Bertz CT molecular complexity index is 1160. The molecule has 0 amide bonds. The molecule has 0 aliphatic heterocycles. The van der Waals surface area contributed by atoms with Crippen molar-refractivity contribution < 1.29 is 9.47 Å². The highest BCUT2D eigenvalue weighted by Crippen LogP contribution is 2.38. The van der Waals surface area contributed by atoms with Gasteiger partial charge in [-0.05, 0) is 24.6 Å². The van der Waals surface area contributed by atoms with Gasteiger partial charge in [-0.1, -0.05) is 54.6 Å². The molecule has 4 aromatic rings. The summed E-state index contributed by atoms with van der Waals surface area (Å²) in [6, 6.07) is 24.5.